The minimum Gasteiger partial charge on any atom is -0.339 e. The van der Waals surface area contributed by atoms with Crippen LogP contribution in [0.5, 0.6) is 0 Å². The number of nitrogens with zero attached hydrogens (tertiary/aromatic N) is 4. The summed E-state index contributed by atoms with van der Waals surface area (Å²) in [7, 11) is 0. The highest BCUT2D eigenvalue weighted by molar-refractivity contribution is 6.08. The number of fused-ring (bicyclic) bond motifs is 2. The van der Waals surface area contributed by atoms with Crippen LogP contribution < -0.4 is 0 Å². The summed E-state index contributed by atoms with van der Waals surface area (Å²) in [5.74, 6) is -0.0209. The van der Waals surface area contributed by atoms with Crippen molar-refractivity contribution < 1.29 is 9.59 Å². The molecule has 130 valence electrons. The van der Waals surface area contributed by atoms with Crippen molar-refractivity contribution in [3.63, 3.8) is 0 Å². The van der Waals surface area contributed by atoms with Crippen molar-refractivity contribution >= 4 is 28.6 Å². The number of benzene rings is 1. The lowest BCUT2D eigenvalue weighted by molar-refractivity contribution is -0.108. The van der Waals surface area contributed by atoms with Crippen molar-refractivity contribution in [2.45, 2.75) is 27.3 Å². The smallest absolute Gasteiger partial charge is 0.161 e. The summed E-state index contributed by atoms with van der Waals surface area (Å²) in [5, 5.41) is 5.27. The van der Waals surface area contributed by atoms with E-state index in [9.17, 15) is 9.59 Å². The predicted molar refractivity (Wildman–Crippen MR) is 99.5 cm³/mol. The molecule has 26 heavy (non-hydrogen) atoms. The second kappa shape index (κ2) is 5.91. The first kappa shape index (κ1) is 16.2. The number of aryl methyl sites for hydroxylation is 2. The quantitative estimate of drug-likeness (QED) is 0.420. The summed E-state index contributed by atoms with van der Waals surface area (Å²) in [6, 6.07) is 5.96. The Bertz CT molecular complexity index is 1180. The van der Waals surface area contributed by atoms with E-state index >= 15 is 0 Å². The maximum Gasteiger partial charge on any atom is 0.161 e. The van der Waals surface area contributed by atoms with Crippen LogP contribution in [0.1, 0.15) is 28.5 Å². The highest BCUT2D eigenvalue weighted by Gasteiger charge is 2.16. The molecule has 0 fully saturated rings. The van der Waals surface area contributed by atoms with E-state index in [1.165, 1.54) is 0 Å². The Hall–Kier alpha value is -3.28. The molecule has 3 aromatic heterocycles. The van der Waals surface area contributed by atoms with Gasteiger partial charge >= 0.3 is 0 Å². The largest absolute Gasteiger partial charge is 0.339 e. The number of carbonyl (C=O) groups is 2. The molecule has 0 aliphatic carbocycles. The molecule has 0 amide bonds. The summed E-state index contributed by atoms with van der Waals surface area (Å²) in [5.41, 5.74) is 6.12. The van der Waals surface area contributed by atoms with Crippen molar-refractivity contribution in [3.8, 4) is 11.1 Å². The third-order valence-electron chi connectivity index (χ3n) is 4.58. The van der Waals surface area contributed by atoms with E-state index in [2.05, 4.69) is 10.1 Å². The fraction of sp³-hybridized carbons (Fsp3) is 0.200. The second-order valence-electron chi connectivity index (χ2n) is 6.54. The summed E-state index contributed by atoms with van der Waals surface area (Å²) in [4.78, 5) is 27.5. The zero-order valence-corrected chi connectivity index (χ0v) is 14.9. The zero-order valence-electron chi connectivity index (χ0n) is 14.9. The number of aldehydes is 1. The first-order chi connectivity index (χ1) is 12.5. The van der Waals surface area contributed by atoms with Gasteiger partial charge in [0.2, 0.25) is 0 Å². The van der Waals surface area contributed by atoms with Crippen molar-refractivity contribution in [1.82, 2.24) is 19.2 Å². The summed E-state index contributed by atoms with van der Waals surface area (Å²) >= 11 is 0. The molecule has 4 aromatic rings. The normalized spacial score (nSPS) is 11.3. The van der Waals surface area contributed by atoms with Crippen molar-refractivity contribution in [3.05, 3.63) is 53.6 Å². The first-order valence-electron chi connectivity index (χ1n) is 8.38. The summed E-state index contributed by atoms with van der Waals surface area (Å²) < 4.78 is 3.59. The van der Waals surface area contributed by atoms with Crippen LogP contribution >= 0.6 is 0 Å². The van der Waals surface area contributed by atoms with Crippen LogP contribution in [0.4, 0.5) is 0 Å². The SMILES string of the molecule is CC(=O)c1cn(CC=O)c2c(C)cc(-c3cnc4cc(C)nn4c3)cc12. The van der Waals surface area contributed by atoms with E-state index in [4.69, 9.17) is 0 Å². The van der Waals surface area contributed by atoms with Crippen LogP contribution in [0, 0.1) is 13.8 Å². The first-order valence-corrected chi connectivity index (χ1v) is 8.38. The molecule has 0 radical (unpaired) electrons. The van der Waals surface area contributed by atoms with Crippen LogP contribution in [0.25, 0.3) is 27.7 Å². The monoisotopic (exact) mass is 346 g/mol. The molecule has 6 heteroatoms. The maximum atomic E-state index is 12.1. The van der Waals surface area contributed by atoms with Gasteiger partial charge in [-0.25, -0.2) is 9.50 Å². The van der Waals surface area contributed by atoms with Crippen LogP contribution in [0.15, 0.2) is 36.8 Å². The predicted octanol–water partition coefficient (Wildman–Crippen LogP) is 3.37. The van der Waals surface area contributed by atoms with Crippen LogP contribution in [-0.2, 0) is 11.3 Å². The minimum absolute atomic E-state index is 0.0209. The van der Waals surface area contributed by atoms with E-state index in [0.717, 1.165) is 45.2 Å². The molecule has 0 N–H and O–H groups in total. The van der Waals surface area contributed by atoms with E-state index in [1.807, 2.05) is 49.0 Å². The van der Waals surface area contributed by atoms with Crippen molar-refractivity contribution in [2.24, 2.45) is 0 Å². The molecule has 6 nitrogen and oxygen atoms in total. The van der Waals surface area contributed by atoms with Gasteiger partial charge in [0.25, 0.3) is 0 Å². The standard InChI is InChI=1S/C20H18N4O2/c1-12-6-15(16-9-21-19-7-13(2)22-24(19)10-16)8-17-18(14(3)26)11-23(4-5-25)20(12)17/h5-11H,4H2,1-3H3. The highest BCUT2D eigenvalue weighted by Crippen LogP contribution is 2.31. The minimum atomic E-state index is -0.0209. The molecule has 0 saturated carbocycles. The molecule has 0 saturated heterocycles. The Morgan fingerprint density at radius 1 is 1.15 bits per heavy atom. The van der Waals surface area contributed by atoms with Gasteiger partial charge in [-0.3, -0.25) is 4.79 Å². The topological polar surface area (TPSA) is 69.3 Å². The average molecular weight is 346 g/mol. The lowest BCUT2D eigenvalue weighted by Crippen LogP contribution is -1.98. The molecule has 0 bridgehead atoms. The number of aromatic nitrogens is 4. The lowest BCUT2D eigenvalue weighted by Gasteiger charge is -2.08. The molecule has 4 rings (SSSR count). The van der Waals surface area contributed by atoms with Gasteiger partial charge in [-0.2, -0.15) is 5.10 Å². The molecular weight excluding hydrogens is 328 g/mol. The van der Waals surface area contributed by atoms with E-state index in [1.54, 1.807) is 17.6 Å². The van der Waals surface area contributed by atoms with Gasteiger partial charge in [-0.1, -0.05) is 0 Å². The Kier molecular flexibility index (Phi) is 3.68. The number of Topliss-reactive ketones (excluding diaryl/α,β-unsaturated/α-hetero) is 1. The second-order valence-corrected chi connectivity index (χ2v) is 6.54. The van der Waals surface area contributed by atoms with Gasteiger partial charge in [0.15, 0.2) is 11.4 Å². The van der Waals surface area contributed by atoms with Crippen LogP contribution in [-0.4, -0.2) is 31.2 Å². The van der Waals surface area contributed by atoms with Gasteiger partial charge in [-0.05, 0) is 44.0 Å². The number of ketones is 1. The molecule has 0 aliphatic rings. The molecule has 0 atom stereocenters. The lowest BCUT2D eigenvalue weighted by atomic mass is 10.0. The Morgan fingerprint density at radius 2 is 1.96 bits per heavy atom. The Labute approximate surface area is 150 Å². The zero-order chi connectivity index (χ0) is 18.4. The third kappa shape index (κ3) is 2.50. The molecule has 0 aliphatic heterocycles. The maximum absolute atomic E-state index is 12.1. The fourth-order valence-corrected chi connectivity index (χ4v) is 3.47. The summed E-state index contributed by atoms with van der Waals surface area (Å²) in [6.07, 6.45) is 6.35. The number of carbonyl (C=O) groups excluding carboxylic acids is 2. The Morgan fingerprint density at radius 3 is 2.69 bits per heavy atom. The van der Waals surface area contributed by atoms with E-state index < -0.39 is 0 Å². The number of rotatable bonds is 4. The van der Waals surface area contributed by atoms with E-state index in [-0.39, 0.29) is 12.3 Å². The third-order valence-corrected chi connectivity index (χ3v) is 4.58. The van der Waals surface area contributed by atoms with Gasteiger partial charge in [-0.15, -0.1) is 0 Å². The van der Waals surface area contributed by atoms with Crippen LogP contribution in [0.3, 0.4) is 0 Å². The molecule has 0 unspecified atom stereocenters. The van der Waals surface area contributed by atoms with Gasteiger partial charge in [0.1, 0.15) is 6.29 Å². The highest BCUT2D eigenvalue weighted by atomic mass is 16.1. The molecule has 1 aromatic carbocycles. The van der Waals surface area contributed by atoms with Crippen molar-refractivity contribution in [2.75, 3.05) is 0 Å². The van der Waals surface area contributed by atoms with Gasteiger partial charge in [0, 0.05) is 41.2 Å². The average Bonchev–Trinajstić information content (AvgIpc) is 3.14. The van der Waals surface area contributed by atoms with Crippen molar-refractivity contribution in [1.29, 1.82) is 0 Å². The number of hydrogen-bond donors (Lipinski definition) is 0. The number of hydrogen-bond acceptors (Lipinski definition) is 4. The summed E-state index contributed by atoms with van der Waals surface area (Å²) in [6.45, 7) is 5.69. The van der Waals surface area contributed by atoms with Gasteiger partial charge in [0.05, 0.1) is 17.8 Å². The van der Waals surface area contributed by atoms with Crippen LogP contribution in [0.2, 0.25) is 0 Å². The van der Waals surface area contributed by atoms with E-state index in [0.29, 0.717) is 5.56 Å². The molecule has 3 heterocycles. The Balaban J connectivity index is 1.96. The fourth-order valence-electron chi connectivity index (χ4n) is 3.47. The molecular formula is C20H18N4O2. The van der Waals surface area contributed by atoms with Gasteiger partial charge < -0.3 is 9.36 Å². The molecule has 0 spiro atoms.